The lowest BCUT2D eigenvalue weighted by atomic mass is 10.3. The van der Waals surface area contributed by atoms with Gasteiger partial charge in [0.1, 0.15) is 0 Å². The first kappa shape index (κ1) is 12.8. The molecule has 0 aliphatic rings. The minimum atomic E-state index is -0.472. The predicted molar refractivity (Wildman–Crippen MR) is 46.4 cm³/mol. The van der Waals surface area contributed by atoms with Gasteiger partial charge in [-0.1, -0.05) is 12.1 Å². The molecule has 61 valence electrons. The van der Waals surface area contributed by atoms with Crippen LogP contribution in [0.25, 0.3) is 0 Å². The summed E-state index contributed by atoms with van der Waals surface area (Å²) >= 11 is 0. The summed E-state index contributed by atoms with van der Waals surface area (Å²) in [6, 6.07) is 8.68. The van der Waals surface area contributed by atoms with Gasteiger partial charge in [-0.05, 0) is 6.07 Å². The van der Waals surface area contributed by atoms with Gasteiger partial charge < -0.3 is 0 Å². The molecule has 0 fully saturated rings. The Morgan fingerprint density at radius 2 is 2.00 bits per heavy atom. The van der Waals surface area contributed by atoms with Crippen LogP contribution >= 0.6 is 24.8 Å². The molecular formula is C6H6Cl2NO2. The van der Waals surface area contributed by atoms with E-state index in [4.69, 9.17) is 0 Å². The first-order chi connectivity index (χ1) is 4.30. The van der Waals surface area contributed by atoms with Crippen molar-refractivity contribution in [2.75, 3.05) is 0 Å². The topological polar surface area (TPSA) is 43.1 Å². The highest BCUT2D eigenvalue weighted by Gasteiger charge is 1.99. The van der Waals surface area contributed by atoms with E-state index in [1.54, 1.807) is 12.1 Å². The molecule has 1 aromatic rings. The normalized spacial score (nSPS) is 7.27. The Labute approximate surface area is 76.4 Å². The molecule has 0 heterocycles. The molecule has 11 heavy (non-hydrogen) atoms. The predicted octanol–water partition coefficient (Wildman–Crippen LogP) is 2.24. The first-order valence-corrected chi connectivity index (χ1v) is 2.42. The van der Waals surface area contributed by atoms with Crippen molar-refractivity contribution in [2.24, 2.45) is 0 Å². The Hall–Kier alpha value is -0.800. The molecule has 0 amide bonds. The average molecular weight is 195 g/mol. The van der Waals surface area contributed by atoms with Crippen LogP contribution in [0.2, 0.25) is 0 Å². The molecule has 0 aromatic heterocycles. The smallest absolute Gasteiger partial charge is 0.258 e. The van der Waals surface area contributed by atoms with E-state index in [2.05, 4.69) is 6.07 Å². The van der Waals surface area contributed by atoms with Crippen molar-refractivity contribution in [1.29, 1.82) is 0 Å². The molecule has 5 heteroatoms. The molecule has 0 bridgehead atoms. The van der Waals surface area contributed by atoms with Crippen molar-refractivity contribution in [3.8, 4) is 0 Å². The molecule has 1 rings (SSSR count). The van der Waals surface area contributed by atoms with Crippen LogP contribution < -0.4 is 0 Å². The SMILES string of the molecule is Cl.Cl.O=[N+]([O-])c1[c]cccc1. The summed E-state index contributed by atoms with van der Waals surface area (Å²) < 4.78 is 0. The molecule has 0 saturated heterocycles. The molecule has 1 radical (unpaired) electrons. The highest BCUT2D eigenvalue weighted by Crippen LogP contribution is 2.05. The van der Waals surface area contributed by atoms with Crippen molar-refractivity contribution >= 4 is 30.5 Å². The minimum absolute atomic E-state index is 0. The van der Waals surface area contributed by atoms with E-state index >= 15 is 0 Å². The monoisotopic (exact) mass is 194 g/mol. The summed E-state index contributed by atoms with van der Waals surface area (Å²) in [6.45, 7) is 0. The van der Waals surface area contributed by atoms with Gasteiger partial charge in [0.2, 0.25) is 0 Å². The zero-order valence-corrected chi connectivity index (χ0v) is 7.02. The fourth-order valence-electron chi connectivity index (χ4n) is 0.497. The third-order valence-electron chi connectivity index (χ3n) is 0.889. The minimum Gasteiger partial charge on any atom is -0.258 e. The third kappa shape index (κ3) is 3.80. The van der Waals surface area contributed by atoms with Crippen molar-refractivity contribution in [3.63, 3.8) is 0 Å². The molecule has 0 saturated carbocycles. The largest absolute Gasteiger partial charge is 0.277 e. The summed E-state index contributed by atoms with van der Waals surface area (Å²) in [6.07, 6.45) is 0. The lowest BCUT2D eigenvalue weighted by Crippen LogP contribution is -1.85. The summed E-state index contributed by atoms with van der Waals surface area (Å²) in [7, 11) is 0. The van der Waals surface area contributed by atoms with Crippen LogP contribution in [0.1, 0.15) is 0 Å². The number of hydrogen-bond acceptors (Lipinski definition) is 2. The van der Waals surface area contributed by atoms with Crippen molar-refractivity contribution < 1.29 is 4.92 Å². The fourth-order valence-corrected chi connectivity index (χ4v) is 0.497. The number of nitro benzene ring substituents is 1. The van der Waals surface area contributed by atoms with E-state index < -0.39 is 4.92 Å². The summed E-state index contributed by atoms with van der Waals surface area (Å²) in [5.74, 6) is 0. The Morgan fingerprint density at radius 1 is 1.36 bits per heavy atom. The summed E-state index contributed by atoms with van der Waals surface area (Å²) in [5, 5.41) is 9.98. The molecule has 0 aliphatic carbocycles. The highest BCUT2D eigenvalue weighted by molar-refractivity contribution is 5.85. The van der Waals surface area contributed by atoms with E-state index in [9.17, 15) is 10.1 Å². The fraction of sp³-hybridized carbons (Fsp3) is 0. The quantitative estimate of drug-likeness (QED) is 0.509. The van der Waals surface area contributed by atoms with Crippen LogP contribution in [-0.4, -0.2) is 4.92 Å². The van der Waals surface area contributed by atoms with Gasteiger partial charge in [-0.15, -0.1) is 24.8 Å². The van der Waals surface area contributed by atoms with E-state index in [-0.39, 0.29) is 30.5 Å². The zero-order valence-electron chi connectivity index (χ0n) is 5.39. The van der Waals surface area contributed by atoms with E-state index in [0.29, 0.717) is 0 Å². The first-order valence-electron chi connectivity index (χ1n) is 2.42. The van der Waals surface area contributed by atoms with Crippen LogP contribution in [0.4, 0.5) is 5.69 Å². The second-order valence-electron chi connectivity index (χ2n) is 1.50. The molecule has 0 aliphatic heterocycles. The molecule has 0 atom stereocenters. The lowest BCUT2D eigenvalue weighted by Gasteiger charge is -1.84. The third-order valence-corrected chi connectivity index (χ3v) is 0.889. The van der Waals surface area contributed by atoms with Gasteiger partial charge in [0, 0.05) is 6.07 Å². The Bertz CT molecular complexity index is 215. The second-order valence-corrected chi connectivity index (χ2v) is 1.50. The van der Waals surface area contributed by atoms with Gasteiger partial charge in [-0.3, -0.25) is 10.1 Å². The maximum absolute atomic E-state index is 9.98. The van der Waals surface area contributed by atoms with Crippen LogP contribution in [0.5, 0.6) is 0 Å². The standard InChI is InChI=1S/C6H4NO2.2ClH/c8-7(9)6-4-2-1-3-5-6;;/h1-4H;2*1H. The van der Waals surface area contributed by atoms with Crippen LogP contribution in [0, 0.1) is 16.2 Å². The second kappa shape index (κ2) is 5.95. The zero-order chi connectivity index (χ0) is 6.69. The molecular weight excluding hydrogens is 189 g/mol. The average Bonchev–Trinajstić information content (AvgIpc) is 1.90. The van der Waals surface area contributed by atoms with E-state index in [0.717, 1.165) is 0 Å². The number of nitro groups is 1. The number of hydrogen-bond donors (Lipinski definition) is 0. The van der Waals surface area contributed by atoms with Gasteiger partial charge in [0.05, 0.1) is 11.0 Å². The number of halogens is 2. The highest BCUT2D eigenvalue weighted by atomic mass is 35.5. The van der Waals surface area contributed by atoms with Crippen molar-refractivity contribution in [2.45, 2.75) is 0 Å². The molecule has 3 nitrogen and oxygen atoms in total. The van der Waals surface area contributed by atoms with Gasteiger partial charge in [0.15, 0.2) is 0 Å². The Kier molecular flexibility index (Phi) is 6.94. The molecule has 0 spiro atoms. The van der Waals surface area contributed by atoms with Gasteiger partial charge >= 0.3 is 0 Å². The number of para-hydroxylation sites is 1. The van der Waals surface area contributed by atoms with Crippen LogP contribution in [0.15, 0.2) is 24.3 Å². The number of nitrogens with zero attached hydrogens (tertiary/aromatic N) is 1. The van der Waals surface area contributed by atoms with Gasteiger partial charge in [-0.25, -0.2) is 0 Å². The van der Waals surface area contributed by atoms with Crippen molar-refractivity contribution in [1.82, 2.24) is 0 Å². The maximum atomic E-state index is 9.98. The summed E-state index contributed by atoms with van der Waals surface area (Å²) in [4.78, 5) is 9.50. The molecule has 1 aromatic carbocycles. The van der Waals surface area contributed by atoms with Gasteiger partial charge in [-0.2, -0.15) is 0 Å². The van der Waals surface area contributed by atoms with E-state index in [1.165, 1.54) is 12.1 Å². The summed E-state index contributed by atoms with van der Waals surface area (Å²) in [5.41, 5.74) is 0.0116. The number of non-ortho nitro benzene ring substituents is 1. The van der Waals surface area contributed by atoms with Gasteiger partial charge in [0.25, 0.3) is 5.69 Å². The van der Waals surface area contributed by atoms with Crippen LogP contribution in [-0.2, 0) is 0 Å². The van der Waals surface area contributed by atoms with Crippen molar-refractivity contribution in [3.05, 3.63) is 40.4 Å². The number of benzene rings is 1. The van der Waals surface area contributed by atoms with Crippen LogP contribution in [0.3, 0.4) is 0 Å². The molecule has 0 unspecified atom stereocenters. The lowest BCUT2D eigenvalue weighted by molar-refractivity contribution is -0.385. The molecule has 0 N–H and O–H groups in total. The Balaban J connectivity index is 0. The number of rotatable bonds is 1. The Morgan fingerprint density at radius 3 is 2.27 bits per heavy atom. The van der Waals surface area contributed by atoms with E-state index in [1.807, 2.05) is 0 Å². The maximum Gasteiger partial charge on any atom is 0.277 e.